The van der Waals surface area contributed by atoms with Crippen molar-refractivity contribution in [3.8, 4) is 5.75 Å². The first kappa shape index (κ1) is 22.7. The zero-order chi connectivity index (χ0) is 22.4. The monoisotopic (exact) mass is 447 g/mol. The number of methoxy groups -OCH3 is 1. The molecule has 1 aliphatic heterocycles. The lowest BCUT2D eigenvalue weighted by Gasteiger charge is -2.17. The normalized spacial score (nSPS) is 16.1. The predicted octanol–water partition coefficient (Wildman–Crippen LogP) is 3.61. The van der Waals surface area contributed by atoms with E-state index in [1.165, 1.54) is 31.4 Å². The number of anilines is 1. The van der Waals surface area contributed by atoms with Crippen LogP contribution in [0, 0.1) is 5.82 Å². The lowest BCUT2D eigenvalue weighted by atomic mass is 10.1. The number of amides is 1. The number of amidine groups is 1. The van der Waals surface area contributed by atoms with Crippen molar-refractivity contribution >= 4 is 27.5 Å². The minimum absolute atomic E-state index is 0.00550. The van der Waals surface area contributed by atoms with E-state index < -0.39 is 21.7 Å². The zero-order valence-electron chi connectivity index (χ0n) is 17.6. The summed E-state index contributed by atoms with van der Waals surface area (Å²) in [7, 11) is -0.697. The summed E-state index contributed by atoms with van der Waals surface area (Å²) in [6.45, 7) is 0.774. The number of nitrogens with one attached hydrogen (secondary N) is 1. The Bertz CT molecular complexity index is 1090. The van der Waals surface area contributed by atoms with Crippen molar-refractivity contribution in [2.75, 3.05) is 26.0 Å². The van der Waals surface area contributed by atoms with Crippen LogP contribution in [0.25, 0.3) is 0 Å². The van der Waals surface area contributed by atoms with E-state index in [4.69, 9.17) is 4.74 Å². The number of carbonyl (C=O) groups is 1. The second-order valence-electron chi connectivity index (χ2n) is 7.44. The molecule has 0 unspecified atom stereocenters. The molecule has 3 rings (SSSR count). The van der Waals surface area contributed by atoms with Gasteiger partial charge in [0.25, 0.3) is 10.0 Å². The molecule has 1 fully saturated rings. The van der Waals surface area contributed by atoms with Gasteiger partial charge in [-0.1, -0.05) is 18.6 Å². The van der Waals surface area contributed by atoms with Gasteiger partial charge in [-0.2, -0.15) is 8.42 Å². The third kappa shape index (κ3) is 6.04. The lowest BCUT2D eigenvalue weighted by Crippen LogP contribution is -2.26. The minimum Gasteiger partial charge on any atom is -0.494 e. The van der Waals surface area contributed by atoms with Gasteiger partial charge < -0.3 is 15.0 Å². The van der Waals surface area contributed by atoms with Crippen LogP contribution in [-0.4, -0.2) is 45.8 Å². The Morgan fingerprint density at radius 1 is 1.19 bits per heavy atom. The van der Waals surface area contributed by atoms with Gasteiger partial charge in [-0.3, -0.25) is 4.79 Å². The van der Waals surface area contributed by atoms with Crippen molar-refractivity contribution < 1.29 is 22.3 Å². The van der Waals surface area contributed by atoms with Gasteiger partial charge in [0, 0.05) is 25.7 Å². The van der Waals surface area contributed by atoms with E-state index in [0.29, 0.717) is 23.5 Å². The first-order chi connectivity index (χ1) is 14.8. The number of carbonyl (C=O) groups excluding carboxylic acids is 1. The Hall–Kier alpha value is -2.94. The summed E-state index contributed by atoms with van der Waals surface area (Å²) >= 11 is 0. The van der Waals surface area contributed by atoms with Crippen LogP contribution in [0.4, 0.5) is 10.1 Å². The topological polar surface area (TPSA) is 88.1 Å². The molecule has 0 bridgehead atoms. The quantitative estimate of drug-likeness (QED) is 0.731. The van der Waals surface area contributed by atoms with Crippen molar-refractivity contribution in [2.45, 2.75) is 37.0 Å². The van der Waals surface area contributed by atoms with Crippen LogP contribution in [0.1, 0.15) is 31.2 Å². The van der Waals surface area contributed by atoms with E-state index >= 15 is 0 Å². The van der Waals surface area contributed by atoms with Crippen LogP contribution in [-0.2, 0) is 21.2 Å². The summed E-state index contributed by atoms with van der Waals surface area (Å²) in [4.78, 5) is 14.2. The first-order valence-electron chi connectivity index (χ1n) is 10.1. The van der Waals surface area contributed by atoms with Gasteiger partial charge >= 0.3 is 0 Å². The molecule has 0 saturated carbocycles. The van der Waals surface area contributed by atoms with Crippen LogP contribution in [0.3, 0.4) is 0 Å². The van der Waals surface area contributed by atoms with Gasteiger partial charge in [0.1, 0.15) is 5.84 Å². The summed E-state index contributed by atoms with van der Waals surface area (Å²) in [5.74, 6) is -0.297. The highest BCUT2D eigenvalue weighted by Gasteiger charge is 2.19. The molecule has 1 N–H and O–H groups in total. The third-order valence-electron chi connectivity index (χ3n) is 5.06. The van der Waals surface area contributed by atoms with Gasteiger partial charge in [0.15, 0.2) is 11.6 Å². The number of halogens is 1. The third-order valence-corrected chi connectivity index (χ3v) is 6.36. The van der Waals surface area contributed by atoms with Gasteiger partial charge in [0.2, 0.25) is 5.91 Å². The molecule has 2 aromatic rings. The smallest absolute Gasteiger partial charge is 0.284 e. The van der Waals surface area contributed by atoms with Crippen molar-refractivity contribution in [2.24, 2.45) is 4.40 Å². The standard InChI is InChI=1S/C22H26FN3O4S/c1-26-12-5-3-4-9-21(26)25-31(28,29)18-8-6-7-17(15-18)24-22(27)14-16-10-11-20(30-2)19(23)13-16/h6-8,10-11,13,15H,3-5,9,12,14H2,1-2H3,(H,24,27). The highest BCUT2D eigenvalue weighted by molar-refractivity contribution is 7.90. The van der Waals surface area contributed by atoms with Crippen molar-refractivity contribution in [3.63, 3.8) is 0 Å². The minimum atomic E-state index is -3.91. The number of hydrogen-bond donors (Lipinski definition) is 1. The Labute approximate surface area is 182 Å². The average Bonchev–Trinajstić information content (AvgIpc) is 2.92. The number of benzene rings is 2. The molecule has 7 nitrogen and oxygen atoms in total. The fourth-order valence-corrected chi connectivity index (χ4v) is 4.52. The summed E-state index contributed by atoms with van der Waals surface area (Å²) in [5, 5.41) is 2.66. The maximum atomic E-state index is 13.8. The van der Waals surface area contributed by atoms with E-state index in [1.54, 1.807) is 18.2 Å². The molecule has 9 heteroatoms. The Kier molecular flexibility index (Phi) is 7.27. The fraction of sp³-hybridized carbons (Fsp3) is 0.364. The molecule has 0 aliphatic carbocycles. The fourth-order valence-electron chi connectivity index (χ4n) is 3.38. The Morgan fingerprint density at radius 2 is 2.00 bits per heavy atom. The molecule has 0 atom stereocenters. The number of ether oxygens (including phenoxy) is 1. The highest BCUT2D eigenvalue weighted by Crippen LogP contribution is 2.21. The molecular formula is C22H26FN3O4S. The van der Waals surface area contributed by atoms with Crippen LogP contribution >= 0.6 is 0 Å². The zero-order valence-corrected chi connectivity index (χ0v) is 18.4. The van der Waals surface area contributed by atoms with Gasteiger partial charge in [0.05, 0.1) is 18.4 Å². The maximum Gasteiger partial charge on any atom is 0.284 e. The number of likely N-dealkylation sites (tertiary alicyclic amines) is 1. The molecule has 166 valence electrons. The molecule has 31 heavy (non-hydrogen) atoms. The number of nitrogens with zero attached hydrogens (tertiary/aromatic N) is 2. The highest BCUT2D eigenvalue weighted by atomic mass is 32.2. The molecule has 2 aromatic carbocycles. The molecule has 0 radical (unpaired) electrons. The summed E-state index contributed by atoms with van der Waals surface area (Å²) in [6, 6.07) is 10.3. The molecule has 1 saturated heterocycles. The van der Waals surface area contributed by atoms with Crippen molar-refractivity contribution in [1.82, 2.24) is 4.90 Å². The van der Waals surface area contributed by atoms with Crippen LogP contribution in [0.2, 0.25) is 0 Å². The molecule has 0 spiro atoms. The van der Waals surface area contributed by atoms with Crippen LogP contribution in [0.5, 0.6) is 5.75 Å². The van der Waals surface area contributed by atoms with Gasteiger partial charge in [-0.05, 0) is 48.7 Å². The number of sulfonamides is 1. The average molecular weight is 448 g/mol. The number of hydrogen-bond acceptors (Lipinski definition) is 4. The lowest BCUT2D eigenvalue weighted by molar-refractivity contribution is -0.115. The van der Waals surface area contributed by atoms with E-state index in [9.17, 15) is 17.6 Å². The number of rotatable bonds is 6. The molecule has 1 amide bonds. The summed E-state index contributed by atoms with van der Waals surface area (Å²) in [6.07, 6.45) is 3.51. The van der Waals surface area contributed by atoms with Crippen molar-refractivity contribution in [3.05, 3.63) is 53.8 Å². The van der Waals surface area contributed by atoms with Gasteiger partial charge in [-0.25, -0.2) is 4.39 Å². The first-order valence-corrected chi connectivity index (χ1v) is 11.5. The Balaban J connectivity index is 1.73. The van der Waals surface area contributed by atoms with E-state index in [-0.39, 0.29) is 17.1 Å². The Morgan fingerprint density at radius 3 is 2.74 bits per heavy atom. The second-order valence-corrected chi connectivity index (χ2v) is 9.04. The SMILES string of the molecule is COc1ccc(CC(=O)Nc2cccc(S(=O)(=O)N=C3CCCCCN3C)c2)cc1F. The molecule has 0 aromatic heterocycles. The summed E-state index contributed by atoms with van der Waals surface area (Å²) in [5.41, 5.74) is 0.803. The molecule has 1 aliphatic rings. The van der Waals surface area contributed by atoms with E-state index in [1.807, 2.05) is 11.9 Å². The second kappa shape index (κ2) is 9.91. The largest absolute Gasteiger partial charge is 0.494 e. The summed E-state index contributed by atoms with van der Waals surface area (Å²) < 4.78 is 48.3. The predicted molar refractivity (Wildman–Crippen MR) is 117 cm³/mol. The van der Waals surface area contributed by atoms with E-state index in [0.717, 1.165) is 25.8 Å². The maximum absolute atomic E-state index is 13.8. The van der Waals surface area contributed by atoms with Crippen molar-refractivity contribution in [1.29, 1.82) is 0 Å². The molecule has 1 heterocycles. The van der Waals surface area contributed by atoms with E-state index in [2.05, 4.69) is 9.71 Å². The van der Waals surface area contributed by atoms with Crippen LogP contribution < -0.4 is 10.1 Å². The van der Waals surface area contributed by atoms with Crippen LogP contribution in [0.15, 0.2) is 51.8 Å². The van der Waals surface area contributed by atoms with Gasteiger partial charge in [-0.15, -0.1) is 4.40 Å². The molecular weight excluding hydrogens is 421 g/mol.